The lowest BCUT2D eigenvalue weighted by Gasteiger charge is -2.29. The zero-order valence-electron chi connectivity index (χ0n) is 23.4. The van der Waals surface area contributed by atoms with Gasteiger partial charge in [-0.25, -0.2) is 4.98 Å². The normalized spacial score (nSPS) is 16.9. The van der Waals surface area contributed by atoms with Gasteiger partial charge >= 0.3 is 0 Å². The van der Waals surface area contributed by atoms with Crippen molar-refractivity contribution in [3.63, 3.8) is 0 Å². The molecule has 0 aromatic carbocycles. The van der Waals surface area contributed by atoms with Gasteiger partial charge in [0, 0.05) is 80.6 Å². The van der Waals surface area contributed by atoms with Gasteiger partial charge < -0.3 is 19.6 Å². The molecule has 1 amide bonds. The molecule has 0 atom stereocenters. The van der Waals surface area contributed by atoms with Gasteiger partial charge in [-0.3, -0.25) is 24.1 Å². The number of anilines is 3. The molecule has 0 unspecified atom stereocenters. The average Bonchev–Trinajstić information content (AvgIpc) is 3.56. The number of nitrogens with one attached hydrogen (secondary N) is 1. The van der Waals surface area contributed by atoms with E-state index in [9.17, 15) is 14.7 Å². The predicted molar refractivity (Wildman–Crippen MR) is 155 cm³/mol. The summed E-state index contributed by atoms with van der Waals surface area (Å²) >= 11 is 0. The minimum Gasteiger partial charge on any atom is -0.392 e. The van der Waals surface area contributed by atoms with Crippen LogP contribution in [0, 0.1) is 0 Å². The topological polar surface area (TPSA) is 113 Å². The molecular weight excluding hydrogens is 520 g/mol. The number of aryl methyl sites for hydroxylation is 2. The summed E-state index contributed by atoms with van der Waals surface area (Å²) in [5.41, 5.74) is 6.38. The van der Waals surface area contributed by atoms with E-state index in [1.807, 2.05) is 22.9 Å². The van der Waals surface area contributed by atoms with Crippen molar-refractivity contribution in [2.24, 2.45) is 7.05 Å². The van der Waals surface area contributed by atoms with Gasteiger partial charge in [0.1, 0.15) is 11.5 Å². The van der Waals surface area contributed by atoms with E-state index in [1.165, 1.54) is 10.3 Å². The number of hydrogen-bond donors (Lipinski definition) is 2. The molecule has 7 heterocycles. The van der Waals surface area contributed by atoms with E-state index in [0.717, 1.165) is 79.9 Å². The second kappa shape index (κ2) is 10.0. The Hall–Kier alpha value is -4.22. The van der Waals surface area contributed by atoms with Crippen LogP contribution in [0.25, 0.3) is 11.1 Å². The van der Waals surface area contributed by atoms with Crippen LogP contribution >= 0.6 is 0 Å². The SMILES string of the molecule is CN1CCn2nc(Nc3cc(-c4ccnc(N5CCc6c(cc7n6CCCC7)C5=O)c4CO)cn(C)c3=O)cc2C1. The molecule has 4 aromatic heterocycles. The fourth-order valence-electron chi connectivity index (χ4n) is 6.52. The highest BCUT2D eigenvalue weighted by Gasteiger charge is 2.33. The molecule has 0 spiro atoms. The number of hydrogen-bond acceptors (Lipinski definition) is 7. The van der Waals surface area contributed by atoms with Gasteiger partial charge in [-0.1, -0.05) is 0 Å². The summed E-state index contributed by atoms with van der Waals surface area (Å²) in [7, 11) is 3.78. The third kappa shape index (κ3) is 4.36. The second-order valence-electron chi connectivity index (χ2n) is 11.3. The minimum absolute atomic E-state index is 0.0790. The van der Waals surface area contributed by atoms with Crippen molar-refractivity contribution in [1.29, 1.82) is 0 Å². The average molecular weight is 555 g/mol. The lowest BCUT2D eigenvalue weighted by Crippen LogP contribution is -2.39. The smallest absolute Gasteiger partial charge is 0.274 e. The Balaban J connectivity index is 1.24. The second-order valence-corrected chi connectivity index (χ2v) is 11.3. The molecule has 11 heteroatoms. The molecule has 0 saturated heterocycles. The van der Waals surface area contributed by atoms with Crippen LogP contribution in [0.2, 0.25) is 0 Å². The van der Waals surface area contributed by atoms with Gasteiger partial charge in [0.15, 0.2) is 5.82 Å². The number of carbonyl (C=O) groups excluding carboxylic acids is 1. The molecule has 0 aliphatic carbocycles. The fourth-order valence-corrected chi connectivity index (χ4v) is 6.52. The summed E-state index contributed by atoms with van der Waals surface area (Å²) in [5, 5.41) is 18.4. The van der Waals surface area contributed by atoms with E-state index in [4.69, 9.17) is 0 Å². The van der Waals surface area contributed by atoms with Crippen LogP contribution in [0.15, 0.2) is 41.5 Å². The van der Waals surface area contributed by atoms with Gasteiger partial charge in [-0.15, -0.1) is 0 Å². The molecule has 0 radical (unpaired) electrons. The third-order valence-corrected chi connectivity index (χ3v) is 8.60. The predicted octanol–water partition coefficient (Wildman–Crippen LogP) is 2.67. The van der Waals surface area contributed by atoms with Gasteiger partial charge in [0.25, 0.3) is 11.5 Å². The number of nitrogens with zero attached hydrogens (tertiary/aromatic N) is 7. The Morgan fingerprint density at radius 1 is 0.976 bits per heavy atom. The van der Waals surface area contributed by atoms with Crippen molar-refractivity contribution in [2.45, 2.75) is 51.9 Å². The lowest BCUT2D eigenvalue weighted by molar-refractivity contribution is 0.0978. The van der Waals surface area contributed by atoms with E-state index in [1.54, 1.807) is 30.4 Å². The fraction of sp³-hybridized carbons (Fsp3) is 0.400. The third-order valence-electron chi connectivity index (χ3n) is 8.60. The Bertz CT molecular complexity index is 1730. The van der Waals surface area contributed by atoms with E-state index < -0.39 is 0 Å². The summed E-state index contributed by atoms with van der Waals surface area (Å²) in [5.74, 6) is 0.996. The maximum absolute atomic E-state index is 13.7. The molecule has 0 saturated carbocycles. The molecule has 11 nitrogen and oxygen atoms in total. The van der Waals surface area contributed by atoms with Crippen molar-refractivity contribution in [2.75, 3.05) is 30.4 Å². The summed E-state index contributed by atoms with van der Waals surface area (Å²) in [6.07, 6.45) is 7.44. The molecule has 212 valence electrons. The van der Waals surface area contributed by atoms with Crippen LogP contribution < -0.4 is 15.8 Å². The van der Waals surface area contributed by atoms with Crippen molar-refractivity contribution in [1.82, 2.24) is 28.8 Å². The van der Waals surface area contributed by atoms with Crippen molar-refractivity contribution < 1.29 is 9.90 Å². The number of aromatic nitrogens is 5. The van der Waals surface area contributed by atoms with Crippen LogP contribution in [-0.4, -0.2) is 59.9 Å². The number of pyridine rings is 2. The largest absolute Gasteiger partial charge is 0.392 e. The molecular formula is C30H34N8O3. The highest BCUT2D eigenvalue weighted by Crippen LogP contribution is 2.35. The number of fused-ring (bicyclic) bond motifs is 4. The zero-order chi connectivity index (χ0) is 28.2. The summed E-state index contributed by atoms with van der Waals surface area (Å²) < 4.78 is 5.81. The Morgan fingerprint density at radius 3 is 2.71 bits per heavy atom. The highest BCUT2D eigenvalue weighted by molar-refractivity contribution is 6.08. The summed E-state index contributed by atoms with van der Waals surface area (Å²) in [6, 6.07) is 7.62. The Labute approximate surface area is 237 Å². The maximum Gasteiger partial charge on any atom is 0.274 e. The van der Waals surface area contributed by atoms with Crippen molar-refractivity contribution in [3.8, 4) is 11.1 Å². The van der Waals surface area contributed by atoms with Crippen molar-refractivity contribution >= 4 is 23.2 Å². The van der Waals surface area contributed by atoms with Gasteiger partial charge in [0.2, 0.25) is 0 Å². The Morgan fingerprint density at radius 2 is 1.85 bits per heavy atom. The number of likely N-dealkylation sites (N-methyl/N-ethyl adjacent to an activating group) is 1. The molecule has 2 N–H and O–H groups in total. The Kier molecular flexibility index (Phi) is 6.28. The van der Waals surface area contributed by atoms with E-state index in [-0.39, 0.29) is 18.1 Å². The first-order valence-corrected chi connectivity index (χ1v) is 14.3. The number of rotatable bonds is 5. The van der Waals surface area contributed by atoms with Crippen LogP contribution in [0.1, 0.15) is 45.8 Å². The number of carbonyl (C=O) groups is 1. The van der Waals surface area contributed by atoms with E-state index >= 15 is 0 Å². The first-order valence-electron chi connectivity index (χ1n) is 14.3. The minimum atomic E-state index is -0.297. The monoisotopic (exact) mass is 554 g/mol. The van der Waals surface area contributed by atoms with Crippen LogP contribution in [-0.2, 0) is 46.1 Å². The first kappa shape index (κ1) is 25.7. The van der Waals surface area contributed by atoms with E-state index in [0.29, 0.717) is 29.4 Å². The number of aliphatic hydroxyl groups is 1. The quantitative estimate of drug-likeness (QED) is 0.390. The highest BCUT2D eigenvalue weighted by atomic mass is 16.3. The molecule has 0 fully saturated rings. The van der Waals surface area contributed by atoms with Crippen molar-refractivity contribution in [3.05, 3.63) is 75.2 Å². The molecule has 4 aromatic rings. The molecule has 0 bridgehead atoms. The zero-order valence-corrected chi connectivity index (χ0v) is 23.4. The summed E-state index contributed by atoms with van der Waals surface area (Å²) in [6.45, 7) is 3.69. The van der Waals surface area contributed by atoms with E-state index in [2.05, 4.69) is 31.9 Å². The summed E-state index contributed by atoms with van der Waals surface area (Å²) in [4.78, 5) is 35.3. The molecule has 41 heavy (non-hydrogen) atoms. The molecule has 3 aliphatic rings. The van der Waals surface area contributed by atoms with Crippen LogP contribution in [0.3, 0.4) is 0 Å². The standard InChI is InChI=1S/C30H34N8O3/c1-34-11-12-38-21(17-34)15-27(33-38)32-25-13-19(16-35(2)30(25)41)22-6-8-31-28(24(22)18-39)37-10-7-26-23(29(37)40)14-20-5-3-4-9-36(20)26/h6,8,13-16,39H,3-5,7,9-12,17-18H2,1-2H3,(H,32,33). The molecule has 7 rings (SSSR count). The number of aliphatic hydroxyl groups excluding tert-OH is 1. The number of amides is 1. The van der Waals surface area contributed by atoms with Crippen LogP contribution in [0.4, 0.5) is 17.3 Å². The lowest BCUT2D eigenvalue weighted by atomic mass is 10.0. The van der Waals surface area contributed by atoms with Gasteiger partial charge in [0.05, 0.1) is 24.4 Å². The maximum atomic E-state index is 13.7. The molecule has 3 aliphatic heterocycles. The van der Waals surface area contributed by atoms with Crippen LogP contribution in [0.5, 0.6) is 0 Å². The van der Waals surface area contributed by atoms with Gasteiger partial charge in [-0.05, 0) is 50.1 Å². The first-order chi connectivity index (χ1) is 19.9. The van der Waals surface area contributed by atoms with Gasteiger partial charge in [-0.2, -0.15) is 5.10 Å².